The molecule has 84 valence electrons. The van der Waals surface area contributed by atoms with Gasteiger partial charge in [-0.15, -0.1) is 0 Å². The van der Waals surface area contributed by atoms with Gasteiger partial charge in [-0.1, -0.05) is 26.0 Å². The predicted octanol–water partition coefficient (Wildman–Crippen LogP) is 3.53. The monoisotopic (exact) mass is 205 g/mol. The molecule has 0 saturated heterocycles. The van der Waals surface area contributed by atoms with Crippen LogP contribution >= 0.6 is 0 Å². The Morgan fingerprint density at radius 2 is 1.47 bits per heavy atom. The van der Waals surface area contributed by atoms with E-state index < -0.39 is 0 Å². The Bertz CT molecular complexity index is 339. The van der Waals surface area contributed by atoms with Crippen molar-refractivity contribution in [3.8, 4) is 0 Å². The first-order valence-corrected chi connectivity index (χ1v) is 5.72. The second kappa shape index (κ2) is 4.80. The third-order valence-electron chi connectivity index (χ3n) is 3.20. The van der Waals surface area contributed by atoms with Gasteiger partial charge in [-0.3, -0.25) is 0 Å². The summed E-state index contributed by atoms with van der Waals surface area (Å²) >= 11 is 0. The second-order valence-electron chi connectivity index (χ2n) is 4.80. The van der Waals surface area contributed by atoms with Crippen molar-refractivity contribution in [3.05, 3.63) is 34.4 Å². The van der Waals surface area contributed by atoms with Crippen LogP contribution in [0.4, 0.5) is 0 Å². The second-order valence-corrected chi connectivity index (χ2v) is 4.80. The van der Waals surface area contributed by atoms with Gasteiger partial charge in [0.1, 0.15) is 0 Å². The van der Waals surface area contributed by atoms with Crippen molar-refractivity contribution in [2.75, 3.05) is 7.05 Å². The van der Waals surface area contributed by atoms with E-state index in [1.165, 1.54) is 22.3 Å². The SMILES string of the molecule is CNC(c1cc(C)c(C)cc1C)C(C)C. The minimum atomic E-state index is 0.462. The van der Waals surface area contributed by atoms with E-state index in [1.807, 2.05) is 7.05 Å². The summed E-state index contributed by atoms with van der Waals surface area (Å²) in [6, 6.07) is 5.08. The highest BCUT2D eigenvalue weighted by atomic mass is 14.9. The van der Waals surface area contributed by atoms with Crippen molar-refractivity contribution >= 4 is 0 Å². The fraction of sp³-hybridized carbons (Fsp3) is 0.571. The van der Waals surface area contributed by atoms with Gasteiger partial charge in [0.05, 0.1) is 0 Å². The lowest BCUT2D eigenvalue weighted by atomic mass is 9.90. The number of benzene rings is 1. The Balaban J connectivity index is 3.18. The Kier molecular flexibility index (Phi) is 3.92. The fourth-order valence-electron chi connectivity index (χ4n) is 2.17. The summed E-state index contributed by atoms with van der Waals surface area (Å²) in [5.41, 5.74) is 5.60. The molecule has 1 heteroatoms. The van der Waals surface area contributed by atoms with Crippen molar-refractivity contribution < 1.29 is 0 Å². The lowest BCUT2D eigenvalue weighted by molar-refractivity contribution is 0.441. The summed E-state index contributed by atoms with van der Waals surface area (Å²) in [5.74, 6) is 0.621. The van der Waals surface area contributed by atoms with Gasteiger partial charge >= 0.3 is 0 Å². The van der Waals surface area contributed by atoms with Gasteiger partial charge in [0, 0.05) is 6.04 Å². The predicted molar refractivity (Wildman–Crippen MR) is 67.3 cm³/mol. The molecule has 1 N–H and O–H groups in total. The first-order valence-electron chi connectivity index (χ1n) is 5.72. The summed E-state index contributed by atoms with van der Waals surface area (Å²) in [6.45, 7) is 11.1. The van der Waals surface area contributed by atoms with Gasteiger partial charge in [0.15, 0.2) is 0 Å². The lowest BCUT2D eigenvalue weighted by Crippen LogP contribution is -2.22. The zero-order valence-corrected chi connectivity index (χ0v) is 10.8. The van der Waals surface area contributed by atoms with Crippen molar-refractivity contribution in [1.82, 2.24) is 5.32 Å². The minimum absolute atomic E-state index is 0.462. The third kappa shape index (κ3) is 2.60. The van der Waals surface area contributed by atoms with E-state index in [2.05, 4.69) is 52.1 Å². The molecule has 1 aromatic carbocycles. The first kappa shape index (κ1) is 12.3. The summed E-state index contributed by atoms with van der Waals surface area (Å²) < 4.78 is 0. The van der Waals surface area contributed by atoms with Gasteiger partial charge in [-0.2, -0.15) is 0 Å². The van der Waals surface area contributed by atoms with Gasteiger partial charge in [-0.05, 0) is 56.0 Å². The molecule has 0 aliphatic carbocycles. The topological polar surface area (TPSA) is 12.0 Å². The van der Waals surface area contributed by atoms with Crippen LogP contribution in [-0.4, -0.2) is 7.05 Å². The molecule has 0 aliphatic rings. The van der Waals surface area contributed by atoms with Crippen LogP contribution in [0.2, 0.25) is 0 Å². The molecule has 1 nitrogen and oxygen atoms in total. The maximum Gasteiger partial charge on any atom is 0.0343 e. The van der Waals surface area contributed by atoms with Crippen LogP contribution in [0.15, 0.2) is 12.1 Å². The maximum atomic E-state index is 3.41. The average Bonchev–Trinajstić information content (AvgIpc) is 2.14. The van der Waals surface area contributed by atoms with Gasteiger partial charge in [0.2, 0.25) is 0 Å². The molecule has 15 heavy (non-hydrogen) atoms. The van der Waals surface area contributed by atoms with Crippen LogP contribution in [0.1, 0.15) is 42.1 Å². The smallest absolute Gasteiger partial charge is 0.0343 e. The third-order valence-corrected chi connectivity index (χ3v) is 3.20. The zero-order valence-electron chi connectivity index (χ0n) is 10.8. The van der Waals surface area contributed by atoms with Crippen molar-refractivity contribution in [1.29, 1.82) is 0 Å². The molecular formula is C14H23N. The molecule has 0 aromatic heterocycles. The Morgan fingerprint density at radius 1 is 0.933 bits per heavy atom. The van der Waals surface area contributed by atoms with Crippen molar-refractivity contribution in [2.24, 2.45) is 5.92 Å². The number of nitrogens with one attached hydrogen (secondary N) is 1. The molecule has 1 atom stereocenters. The average molecular weight is 205 g/mol. The standard InChI is InChI=1S/C14H23N/c1-9(2)14(15-6)13-8-11(4)10(3)7-12(13)5/h7-9,14-15H,1-6H3. The molecule has 1 aromatic rings. The highest BCUT2D eigenvalue weighted by Gasteiger charge is 2.16. The quantitative estimate of drug-likeness (QED) is 0.796. The van der Waals surface area contributed by atoms with Gasteiger partial charge in [-0.25, -0.2) is 0 Å². The van der Waals surface area contributed by atoms with Crippen LogP contribution in [0.3, 0.4) is 0 Å². The van der Waals surface area contributed by atoms with Crippen LogP contribution in [0.25, 0.3) is 0 Å². The van der Waals surface area contributed by atoms with E-state index in [-0.39, 0.29) is 0 Å². The molecule has 0 bridgehead atoms. The lowest BCUT2D eigenvalue weighted by Gasteiger charge is -2.23. The molecule has 0 heterocycles. The van der Waals surface area contributed by atoms with E-state index in [0.29, 0.717) is 12.0 Å². The van der Waals surface area contributed by atoms with Gasteiger partial charge in [0.25, 0.3) is 0 Å². The molecule has 0 fully saturated rings. The largest absolute Gasteiger partial charge is 0.313 e. The normalized spacial score (nSPS) is 13.3. The molecule has 0 spiro atoms. The zero-order chi connectivity index (χ0) is 11.6. The van der Waals surface area contributed by atoms with Crippen LogP contribution < -0.4 is 5.32 Å². The molecular weight excluding hydrogens is 182 g/mol. The van der Waals surface area contributed by atoms with Crippen LogP contribution in [-0.2, 0) is 0 Å². The first-order chi connectivity index (χ1) is 6.97. The van der Waals surface area contributed by atoms with E-state index in [9.17, 15) is 0 Å². The Hall–Kier alpha value is -0.820. The molecule has 1 unspecified atom stereocenters. The van der Waals surface area contributed by atoms with E-state index in [4.69, 9.17) is 0 Å². The number of hydrogen-bond acceptors (Lipinski definition) is 1. The highest BCUT2D eigenvalue weighted by molar-refractivity contribution is 5.38. The summed E-state index contributed by atoms with van der Waals surface area (Å²) in [4.78, 5) is 0. The van der Waals surface area contributed by atoms with Crippen LogP contribution in [0.5, 0.6) is 0 Å². The Labute approximate surface area is 93.9 Å². The van der Waals surface area contributed by atoms with Crippen LogP contribution in [0, 0.1) is 26.7 Å². The Morgan fingerprint density at radius 3 is 1.93 bits per heavy atom. The maximum absolute atomic E-state index is 3.41. The van der Waals surface area contributed by atoms with E-state index in [0.717, 1.165) is 0 Å². The van der Waals surface area contributed by atoms with Crippen molar-refractivity contribution in [3.63, 3.8) is 0 Å². The van der Waals surface area contributed by atoms with E-state index >= 15 is 0 Å². The van der Waals surface area contributed by atoms with Gasteiger partial charge < -0.3 is 5.32 Å². The van der Waals surface area contributed by atoms with E-state index in [1.54, 1.807) is 0 Å². The molecule has 0 saturated carbocycles. The summed E-state index contributed by atoms with van der Waals surface area (Å²) in [6.07, 6.45) is 0. The minimum Gasteiger partial charge on any atom is -0.313 e. The molecule has 1 rings (SSSR count). The number of aryl methyl sites for hydroxylation is 3. The van der Waals surface area contributed by atoms with Crippen molar-refractivity contribution in [2.45, 2.75) is 40.7 Å². The summed E-state index contributed by atoms with van der Waals surface area (Å²) in [7, 11) is 2.04. The molecule has 0 amide bonds. The number of rotatable bonds is 3. The molecule has 0 aliphatic heterocycles. The highest BCUT2D eigenvalue weighted by Crippen LogP contribution is 2.26. The summed E-state index contributed by atoms with van der Waals surface area (Å²) in [5, 5.41) is 3.41. The fourth-order valence-corrected chi connectivity index (χ4v) is 2.17. The number of hydrogen-bond donors (Lipinski definition) is 1. The molecule has 0 radical (unpaired) electrons.